The third kappa shape index (κ3) is 12.1. The van der Waals surface area contributed by atoms with Crippen LogP contribution in [0.15, 0.2) is 60.7 Å². The van der Waals surface area contributed by atoms with Crippen molar-refractivity contribution < 1.29 is 27.8 Å². The van der Waals surface area contributed by atoms with Crippen LogP contribution >= 0.6 is 70.4 Å². The van der Waals surface area contributed by atoms with Crippen LogP contribution in [-0.2, 0) is 30.4 Å². The molecule has 0 amide bonds. The lowest BCUT2D eigenvalue weighted by atomic mass is 10.1. The molecule has 0 saturated heterocycles. The van der Waals surface area contributed by atoms with Gasteiger partial charge in [0, 0.05) is 35.0 Å². The molecule has 0 aliphatic heterocycles. The summed E-state index contributed by atoms with van der Waals surface area (Å²) in [4.78, 5) is 21.6. The van der Waals surface area contributed by atoms with Gasteiger partial charge in [0.1, 0.15) is 25.5 Å². The summed E-state index contributed by atoms with van der Waals surface area (Å²) < 4.78 is 27.5. The summed E-state index contributed by atoms with van der Waals surface area (Å²) >= 11 is 19.5. The fraction of sp³-hybridized carbons (Fsp3) is 0.471. The van der Waals surface area contributed by atoms with Gasteiger partial charge in [-0.15, -0.1) is 0 Å². The van der Waals surface area contributed by atoms with Crippen molar-refractivity contribution in [2.75, 3.05) is 13.2 Å². The molecule has 1 aromatic heterocycles. The predicted molar refractivity (Wildman–Crippen MR) is 209 cm³/mol. The highest BCUT2D eigenvalue weighted by atomic mass is 80.0. The van der Waals surface area contributed by atoms with Crippen LogP contribution in [0, 0.1) is 35.5 Å². The maximum absolute atomic E-state index is 12.9. The third-order valence-corrected chi connectivity index (χ3v) is 14.4. The Labute approximate surface area is 328 Å². The van der Waals surface area contributed by atoms with E-state index in [-0.39, 0.29) is 34.0 Å². The first-order valence-corrected chi connectivity index (χ1v) is 21.4. The van der Waals surface area contributed by atoms with Gasteiger partial charge in [0.05, 0.1) is 24.0 Å². The minimum Gasteiger partial charge on any atom is -0.457 e. The molecule has 0 spiro atoms. The van der Waals surface area contributed by atoms with Gasteiger partial charge in [-0.05, 0) is 56.4 Å². The number of carbonyl (C=O) groups excluding carboxylic acids is 1. The molecule has 15 heteroatoms. The van der Waals surface area contributed by atoms with Gasteiger partial charge in [-0.25, -0.2) is 4.98 Å². The number of benzene rings is 2. The van der Waals surface area contributed by atoms with Crippen molar-refractivity contribution in [2.24, 2.45) is 17.3 Å². The zero-order valence-corrected chi connectivity index (χ0v) is 36.3. The molecule has 1 saturated carbocycles. The summed E-state index contributed by atoms with van der Waals surface area (Å²) in [6, 6.07) is 20.2. The Morgan fingerprint density at radius 2 is 1.63 bits per heavy atom. The van der Waals surface area contributed by atoms with E-state index in [9.17, 15) is 10.1 Å². The van der Waals surface area contributed by atoms with Gasteiger partial charge in [0.25, 0.3) is 0 Å². The van der Waals surface area contributed by atoms with E-state index in [1.165, 1.54) is 0 Å². The number of aromatic nitrogens is 2. The van der Waals surface area contributed by atoms with Crippen LogP contribution in [0.1, 0.15) is 70.6 Å². The molecule has 4 rings (SSSR count). The molecule has 266 valence electrons. The number of esters is 1. The van der Waals surface area contributed by atoms with Gasteiger partial charge >= 0.3 is 12.7 Å². The maximum atomic E-state index is 12.9. The molecule has 9 nitrogen and oxygen atoms in total. The van der Waals surface area contributed by atoms with Gasteiger partial charge < -0.3 is 14.0 Å². The Balaban J connectivity index is 0.000000295. The van der Waals surface area contributed by atoms with Crippen LogP contribution < -0.4 is 9.26 Å². The van der Waals surface area contributed by atoms with Gasteiger partial charge in [0.15, 0.2) is 0 Å². The first-order chi connectivity index (χ1) is 22.9. The van der Waals surface area contributed by atoms with Crippen molar-refractivity contribution in [1.29, 1.82) is 5.26 Å². The number of aryl methyl sites for hydroxylation is 1. The fourth-order valence-electron chi connectivity index (χ4n) is 4.99. The quantitative estimate of drug-likeness (QED) is 0.0932. The smallest absolute Gasteiger partial charge is 0.381 e. The summed E-state index contributed by atoms with van der Waals surface area (Å²) in [5.41, 5.74) is 1.15. The minimum absolute atomic E-state index is 0.0233. The largest absolute Gasteiger partial charge is 0.457 e. The Hall–Kier alpha value is -1.43. The number of hydrogen-bond donors (Lipinski definition) is 0. The molecular weight excluding hydrogens is 929 g/mol. The number of rotatable bonds is 13. The predicted octanol–water partition coefficient (Wildman–Crippen LogP) is 11.0. The first-order valence-electron chi connectivity index (χ1n) is 15.5. The highest BCUT2D eigenvalue weighted by molar-refractivity contribution is 9.40. The van der Waals surface area contributed by atoms with E-state index >= 15 is 0 Å². The molecule has 1 unspecified atom stereocenters. The molecule has 0 N–H and O–H groups in total. The second kappa shape index (κ2) is 18.4. The van der Waals surface area contributed by atoms with Gasteiger partial charge in [0.2, 0.25) is 12.0 Å². The molecule has 1 fully saturated rings. The summed E-state index contributed by atoms with van der Waals surface area (Å²) in [6.45, 7) is 11.8. The van der Waals surface area contributed by atoms with Crippen molar-refractivity contribution >= 4 is 88.2 Å². The standard InChI is InChI=1S/C22H19Br4NO3.C12H21N2O3PS/c1-21(2)17(19(23)22(24,25)26)18(21)20(28)30-16(12-27)13-7-6-10-15(11-13)29-14-8-4-3-5-9-14;1-6-15-18(19,16-7-2)17-11-8-10(5)13-12(14-11)9(3)4/h3-11,16-19H,1-2H3;8-9H,6-7H2,1-5H3/t16-,17-,18+,19?;/m1./s1. The monoisotopic (exact) mass is 965 g/mol. The van der Waals surface area contributed by atoms with E-state index in [0.29, 0.717) is 36.2 Å². The highest BCUT2D eigenvalue weighted by Crippen LogP contribution is 2.66. The number of carbonyl (C=O) groups is 1. The Kier molecular flexibility index (Phi) is 15.7. The van der Waals surface area contributed by atoms with Crippen LogP contribution in [0.5, 0.6) is 17.4 Å². The van der Waals surface area contributed by atoms with Crippen molar-refractivity contribution in [3.63, 3.8) is 0 Å². The Morgan fingerprint density at radius 3 is 2.18 bits per heavy atom. The zero-order chi connectivity index (χ0) is 36.6. The second-order valence-electron chi connectivity index (χ2n) is 11.9. The van der Waals surface area contributed by atoms with E-state index < -0.39 is 15.0 Å². The third-order valence-electron chi connectivity index (χ3n) is 7.43. The van der Waals surface area contributed by atoms with Crippen LogP contribution in [0.25, 0.3) is 0 Å². The van der Waals surface area contributed by atoms with Crippen molar-refractivity contribution in [1.82, 2.24) is 9.97 Å². The maximum Gasteiger partial charge on any atom is 0.381 e. The van der Waals surface area contributed by atoms with E-state index in [4.69, 9.17) is 34.9 Å². The molecule has 1 aliphatic rings. The van der Waals surface area contributed by atoms with Gasteiger partial charge in [-0.2, -0.15) is 10.2 Å². The molecule has 0 bridgehead atoms. The zero-order valence-electron chi connectivity index (χ0n) is 28.2. The Morgan fingerprint density at radius 1 is 1.02 bits per heavy atom. The first kappa shape index (κ1) is 42.0. The molecule has 1 aliphatic carbocycles. The minimum atomic E-state index is -2.77. The van der Waals surface area contributed by atoms with E-state index in [2.05, 4.69) is 79.8 Å². The average Bonchev–Trinajstić information content (AvgIpc) is 3.60. The molecule has 3 aromatic rings. The molecule has 1 heterocycles. The van der Waals surface area contributed by atoms with Crippen LogP contribution in [0.4, 0.5) is 0 Å². The number of halogens is 4. The normalized spacial score (nSPS) is 17.9. The molecule has 0 radical (unpaired) electrons. The number of alkyl halides is 4. The summed E-state index contributed by atoms with van der Waals surface area (Å²) in [7, 11) is 0. The van der Waals surface area contributed by atoms with Crippen LogP contribution in [0.2, 0.25) is 0 Å². The molecular formula is C34H40Br4N3O6PS. The average molecular weight is 969 g/mol. The summed E-state index contributed by atoms with van der Waals surface area (Å²) in [6.07, 6.45) is -1.01. The van der Waals surface area contributed by atoms with E-state index in [1.807, 2.05) is 78.8 Å². The van der Waals surface area contributed by atoms with Crippen molar-refractivity contribution in [3.05, 3.63) is 77.7 Å². The summed E-state index contributed by atoms with van der Waals surface area (Å²) in [5, 5.41) is 9.65. The number of nitrogens with zero attached hydrogens (tertiary/aromatic N) is 3. The summed E-state index contributed by atoms with van der Waals surface area (Å²) in [5.74, 6) is 1.94. The SMILES string of the molecule is CC1(C)[C@H](C(=O)O[C@H](C#N)c2cccc(Oc3ccccc3)c2)[C@@H]1C(Br)C(Br)(Br)Br.CCOP(=S)(OCC)Oc1cc(C)nc(C(C)C)n1. The van der Waals surface area contributed by atoms with Crippen LogP contribution in [-0.4, -0.2) is 36.1 Å². The van der Waals surface area contributed by atoms with Crippen molar-refractivity contribution in [3.8, 4) is 23.4 Å². The number of nitriles is 1. The van der Waals surface area contributed by atoms with Crippen LogP contribution in [0.3, 0.4) is 0 Å². The lowest BCUT2D eigenvalue weighted by molar-refractivity contribution is -0.149. The number of ether oxygens (including phenoxy) is 2. The van der Waals surface area contributed by atoms with E-state index in [1.54, 1.807) is 30.3 Å². The molecule has 2 aromatic carbocycles. The van der Waals surface area contributed by atoms with Crippen molar-refractivity contribution in [2.45, 2.75) is 67.5 Å². The highest BCUT2D eigenvalue weighted by Gasteiger charge is 2.67. The fourth-order valence-corrected chi connectivity index (χ4v) is 8.83. The number of hydrogen-bond acceptors (Lipinski definition) is 10. The lowest BCUT2D eigenvalue weighted by Gasteiger charge is -2.21. The number of para-hydroxylation sites is 1. The Bertz CT molecular complexity index is 1640. The van der Waals surface area contributed by atoms with E-state index in [0.717, 1.165) is 11.5 Å². The van der Waals surface area contributed by atoms with Gasteiger partial charge in [-0.3, -0.25) is 13.8 Å². The van der Waals surface area contributed by atoms with Gasteiger partial charge in [-0.1, -0.05) is 122 Å². The lowest BCUT2D eigenvalue weighted by Crippen LogP contribution is -2.23. The molecule has 4 atom stereocenters. The topological polar surface area (TPSA) is 113 Å². The molecule has 49 heavy (non-hydrogen) atoms. The second-order valence-corrected chi connectivity index (χ2v) is 22.8.